The molecule has 0 aliphatic carbocycles. The fraction of sp³-hybridized carbons (Fsp3) is 0.444. The molecule has 0 saturated heterocycles. The summed E-state index contributed by atoms with van der Waals surface area (Å²) in [6.07, 6.45) is 0. The van der Waals surface area contributed by atoms with Gasteiger partial charge in [0.15, 0.2) is 11.1 Å². The Bertz CT molecular complexity index is 519. The molecule has 1 aromatic rings. The van der Waals surface area contributed by atoms with Crippen molar-refractivity contribution in [1.82, 2.24) is 15.3 Å². The summed E-state index contributed by atoms with van der Waals surface area (Å²) in [6, 6.07) is 0. The van der Waals surface area contributed by atoms with Crippen LogP contribution in [0.2, 0.25) is 5.15 Å². The van der Waals surface area contributed by atoms with E-state index in [9.17, 15) is 0 Å². The molecule has 16 heavy (non-hydrogen) atoms. The van der Waals surface area contributed by atoms with E-state index in [1.165, 1.54) is 0 Å². The average molecular weight is 246 g/mol. The average Bonchev–Trinajstić information content (AvgIpc) is 2.73. The summed E-state index contributed by atoms with van der Waals surface area (Å²) in [4.78, 5) is 12.0. The van der Waals surface area contributed by atoms with E-state index in [-0.39, 0.29) is 16.7 Å². The molecule has 2 rings (SSSR count). The summed E-state index contributed by atoms with van der Waals surface area (Å²) in [5, 5.41) is 5.87. The third-order valence-electron chi connectivity index (χ3n) is 1.96. The second-order valence-electron chi connectivity index (χ2n) is 3.13. The van der Waals surface area contributed by atoms with Crippen LogP contribution in [0.1, 0.15) is 9.94 Å². The first-order valence-corrected chi connectivity index (χ1v) is 5.01. The zero-order valence-electron chi connectivity index (χ0n) is 11.5. The fourth-order valence-electron chi connectivity index (χ4n) is 1.29. The molecule has 0 amide bonds. The molecule has 2 N–H and O–H groups in total. The number of nitrogens with zero attached hydrogens (tertiary/aromatic N) is 3. The molecule has 0 unspecified atom stereocenters. The minimum atomic E-state index is -2.62. The minimum absolute atomic E-state index is 0.0724. The molecule has 0 radical (unpaired) electrons. The van der Waals surface area contributed by atoms with Gasteiger partial charge in [-0.1, -0.05) is 11.6 Å². The predicted molar refractivity (Wildman–Crippen MR) is 62.3 cm³/mol. The Labute approximate surface area is 102 Å². The summed E-state index contributed by atoms with van der Waals surface area (Å²) < 4.78 is 26.2. The lowest BCUT2D eigenvalue weighted by Crippen LogP contribution is -2.26. The normalized spacial score (nSPS) is 17.9. The summed E-state index contributed by atoms with van der Waals surface area (Å²) in [6.45, 7) is 2.91. The van der Waals surface area contributed by atoms with Gasteiger partial charge in [0.25, 0.3) is 0 Å². The highest BCUT2D eigenvalue weighted by Gasteiger charge is 2.15. The van der Waals surface area contributed by atoms with E-state index in [2.05, 4.69) is 25.6 Å². The van der Waals surface area contributed by atoms with Gasteiger partial charge in [0.05, 0.1) is 17.7 Å². The summed E-state index contributed by atoms with van der Waals surface area (Å²) >= 11 is 5.98. The van der Waals surface area contributed by atoms with Crippen molar-refractivity contribution in [3.63, 3.8) is 0 Å². The van der Waals surface area contributed by atoms with Gasteiger partial charge in [-0.3, -0.25) is 4.99 Å². The smallest absolute Gasteiger partial charge is 0.242 e. The van der Waals surface area contributed by atoms with E-state index >= 15 is 0 Å². The van der Waals surface area contributed by atoms with Gasteiger partial charge in [-0.2, -0.15) is 4.98 Å². The lowest BCUT2D eigenvalue weighted by atomic mass is 10.4. The maximum atomic E-state index is 7.13. The molecule has 0 fully saturated rings. The number of rotatable bonds is 2. The van der Waals surface area contributed by atoms with Crippen molar-refractivity contribution in [2.45, 2.75) is 6.92 Å². The Hall–Kier alpha value is -1.56. The van der Waals surface area contributed by atoms with Crippen LogP contribution in [0.15, 0.2) is 4.99 Å². The van der Waals surface area contributed by atoms with Crippen LogP contribution in [0.3, 0.4) is 0 Å². The van der Waals surface area contributed by atoms with Crippen molar-refractivity contribution >= 4 is 23.2 Å². The van der Waals surface area contributed by atoms with Crippen molar-refractivity contribution in [2.24, 2.45) is 4.99 Å². The van der Waals surface area contributed by atoms with Crippen LogP contribution in [0.25, 0.3) is 0 Å². The predicted octanol–water partition coefficient (Wildman–Crippen LogP) is 0.818. The van der Waals surface area contributed by atoms with Gasteiger partial charge in [-0.15, -0.1) is 0 Å². The van der Waals surface area contributed by atoms with Crippen LogP contribution in [-0.4, -0.2) is 36.1 Å². The fourth-order valence-corrected chi connectivity index (χ4v) is 1.54. The molecular weight excluding hydrogens is 231 g/mol. The molecule has 1 aliphatic rings. The van der Waals surface area contributed by atoms with Gasteiger partial charge < -0.3 is 15.4 Å². The Morgan fingerprint density at radius 1 is 1.56 bits per heavy atom. The number of anilines is 1. The number of aryl methyl sites for hydroxylation is 1. The minimum Gasteiger partial charge on any atom is -0.479 e. The highest BCUT2D eigenvalue weighted by molar-refractivity contribution is 6.32. The van der Waals surface area contributed by atoms with Gasteiger partial charge in [-0.25, -0.2) is 4.98 Å². The Morgan fingerprint density at radius 2 is 2.44 bits per heavy atom. The van der Waals surface area contributed by atoms with E-state index in [4.69, 9.17) is 20.5 Å². The third kappa shape index (κ3) is 2.16. The molecule has 0 bridgehead atoms. The number of aromatic nitrogens is 2. The molecule has 0 spiro atoms. The largest absolute Gasteiger partial charge is 0.479 e. The number of halogens is 1. The molecule has 0 atom stereocenters. The van der Waals surface area contributed by atoms with Gasteiger partial charge in [0.2, 0.25) is 5.88 Å². The van der Waals surface area contributed by atoms with Crippen LogP contribution in [0.4, 0.5) is 5.69 Å². The summed E-state index contributed by atoms with van der Waals surface area (Å²) in [5.41, 5.74) is 0.177. The standard InChI is InChI=1S/C9H12ClN5O/c1-5-13-7(10)6(8(14-5)16-2)15-9-11-3-4-12-9/h3-4H2,1-2H3,(H2,11,12,15)/i2+1D3. The number of hydrogen-bond acceptors (Lipinski definition) is 6. The monoisotopic (exact) mass is 245 g/mol. The molecule has 6 nitrogen and oxygen atoms in total. The van der Waals surface area contributed by atoms with E-state index in [0.717, 1.165) is 0 Å². The summed E-state index contributed by atoms with van der Waals surface area (Å²) in [5.74, 6) is 0.662. The van der Waals surface area contributed by atoms with Crippen LogP contribution >= 0.6 is 11.6 Å². The van der Waals surface area contributed by atoms with E-state index in [1.54, 1.807) is 6.92 Å². The molecule has 0 aromatic carbocycles. The molecule has 7 heteroatoms. The van der Waals surface area contributed by atoms with Crippen LogP contribution in [-0.2, 0) is 0 Å². The van der Waals surface area contributed by atoms with Crippen LogP contribution in [0, 0.1) is 6.92 Å². The molecule has 1 aromatic heterocycles. The third-order valence-corrected chi connectivity index (χ3v) is 2.23. The van der Waals surface area contributed by atoms with Gasteiger partial charge in [-0.05, 0) is 6.92 Å². The maximum Gasteiger partial charge on any atom is 0.242 e. The zero-order chi connectivity index (χ0) is 14.0. The molecule has 86 valence electrons. The van der Waals surface area contributed by atoms with Crippen molar-refractivity contribution in [3.05, 3.63) is 11.0 Å². The highest BCUT2D eigenvalue weighted by atomic mass is 35.5. The lowest BCUT2D eigenvalue weighted by Gasteiger charge is -2.11. The molecule has 1 aliphatic heterocycles. The second kappa shape index (κ2) is 4.52. The van der Waals surface area contributed by atoms with Crippen LogP contribution < -0.4 is 15.4 Å². The number of guanidine groups is 1. The first kappa shape index (κ1) is 7.67. The Morgan fingerprint density at radius 3 is 3.12 bits per heavy atom. The quantitative estimate of drug-likeness (QED) is 0.596. The van der Waals surface area contributed by atoms with Crippen molar-refractivity contribution in [2.75, 3.05) is 25.4 Å². The van der Waals surface area contributed by atoms with Gasteiger partial charge >= 0.3 is 0 Å². The maximum absolute atomic E-state index is 7.13. The SMILES string of the molecule is [2H][13C]([2H])([2H])Oc1nc(C)nc(Cl)c1NC1=NCCN1. The van der Waals surface area contributed by atoms with Gasteiger partial charge in [0, 0.05) is 6.54 Å². The van der Waals surface area contributed by atoms with E-state index in [0.29, 0.717) is 24.9 Å². The van der Waals surface area contributed by atoms with Crippen LogP contribution in [0.5, 0.6) is 5.88 Å². The molecular formula is C9H12ClN5O. The second-order valence-corrected chi connectivity index (χ2v) is 3.48. The first-order valence-electron chi connectivity index (χ1n) is 6.14. The van der Waals surface area contributed by atoms with Gasteiger partial charge in [0.1, 0.15) is 11.5 Å². The topological polar surface area (TPSA) is 71.4 Å². The van der Waals surface area contributed by atoms with E-state index in [1.807, 2.05) is 0 Å². The number of hydrogen-bond donors (Lipinski definition) is 2. The molecule has 2 heterocycles. The first-order chi connectivity index (χ1) is 8.85. The van der Waals surface area contributed by atoms with Crippen molar-refractivity contribution < 1.29 is 8.85 Å². The Kier molecular flexibility index (Phi) is 2.17. The highest BCUT2D eigenvalue weighted by Crippen LogP contribution is 2.28. The number of ether oxygens (including phenoxy) is 1. The summed E-state index contributed by atoms with van der Waals surface area (Å²) in [7, 11) is -2.62. The zero-order valence-corrected chi connectivity index (χ0v) is 9.30. The number of methoxy groups -OCH3 is 1. The van der Waals surface area contributed by atoms with Crippen molar-refractivity contribution in [1.29, 1.82) is 0 Å². The number of nitrogens with one attached hydrogen (secondary N) is 2. The Balaban J connectivity index is 2.33. The number of aliphatic imine (C=N–C) groups is 1. The molecule has 0 saturated carbocycles. The van der Waals surface area contributed by atoms with E-state index < -0.39 is 7.04 Å². The lowest BCUT2D eigenvalue weighted by molar-refractivity contribution is 0.398. The van der Waals surface area contributed by atoms with Crippen molar-refractivity contribution in [3.8, 4) is 5.88 Å².